The SMILES string of the molecule is CCOC(=O)CNC[C@H](O)[C@@H](N)C(F)(F)F. The Balaban J connectivity index is 3.81. The van der Waals surface area contributed by atoms with Crippen LogP contribution in [0, 0.1) is 0 Å². The zero-order valence-electron chi connectivity index (χ0n) is 8.75. The maximum absolute atomic E-state index is 12.0. The fraction of sp³-hybridized carbons (Fsp3) is 0.875. The van der Waals surface area contributed by atoms with Gasteiger partial charge < -0.3 is 20.9 Å². The highest BCUT2D eigenvalue weighted by Crippen LogP contribution is 2.20. The number of carbonyl (C=O) groups is 1. The van der Waals surface area contributed by atoms with Crippen LogP contribution in [0.1, 0.15) is 6.92 Å². The summed E-state index contributed by atoms with van der Waals surface area (Å²) >= 11 is 0. The van der Waals surface area contributed by atoms with Crippen LogP contribution < -0.4 is 11.1 Å². The lowest BCUT2D eigenvalue weighted by Crippen LogP contribution is -2.51. The number of aliphatic hydroxyl groups is 1. The third kappa shape index (κ3) is 5.89. The first-order chi connectivity index (χ1) is 7.29. The van der Waals surface area contributed by atoms with Crippen LogP contribution in [0.15, 0.2) is 0 Å². The molecule has 0 aromatic heterocycles. The Morgan fingerprint density at radius 3 is 2.56 bits per heavy atom. The second-order valence-corrected chi connectivity index (χ2v) is 3.07. The van der Waals surface area contributed by atoms with Gasteiger partial charge in [0, 0.05) is 6.54 Å². The molecule has 0 amide bonds. The van der Waals surface area contributed by atoms with Crippen LogP contribution in [0.2, 0.25) is 0 Å². The van der Waals surface area contributed by atoms with Gasteiger partial charge in [-0.25, -0.2) is 0 Å². The van der Waals surface area contributed by atoms with Gasteiger partial charge in [0.05, 0.1) is 19.3 Å². The average molecular weight is 244 g/mol. The highest BCUT2D eigenvalue weighted by Gasteiger charge is 2.41. The number of alkyl halides is 3. The molecular formula is C8H15F3N2O3. The number of ether oxygens (including phenoxy) is 1. The van der Waals surface area contributed by atoms with Crippen LogP contribution in [-0.4, -0.2) is 49.1 Å². The first-order valence-electron chi connectivity index (χ1n) is 4.65. The molecule has 0 rings (SSSR count). The van der Waals surface area contributed by atoms with Crippen molar-refractivity contribution in [2.45, 2.75) is 25.2 Å². The molecule has 5 nitrogen and oxygen atoms in total. The van der Waals surface area contributed by atoms with E-state index in [1.165, 1.54) is 0 Å². The molecule has 0 heterocycles. The van der Waals surface area contributed by atoms with Crippen molar-refractivity contribution >= 4 is 5.97 Å². The van der Waals surface area contributed by atoms with Crippen molar-refractivity contribution < 1.29 is 27.8 Å². The summed E-state index contributed by atoms with van der Waals surface area (Å²) in [6.07, 6.45) is -6.46. The molecule has 16 heavy (non-hydrogen) atoms. The number of nitrogens with two attached hydrogens (primary N) is 1. The molecule has 0 aromatic rings. The number of hydrogen-bond acceptors (Lipinski definition) is 5. The summed E-state index contributed by atoms with van der Waals surface area (Å²) in [6, 6.07) is -2.33. The van der Waals surface area contributed by atoms with Gasteiger partial charge in [0.25, 0.3) is 0 Å². The molecule has 0 fully saturated rings. The zero-order valence-corrected chi connectivity index (χ0v) is 8.75. The largest absolute Gasteiger partial charge is 0.465 e. The molecule has 0 saturated carbocycles. The summed E-state index contributed by atoms with van der Waals surface area (Å²) in [6.45, 7) is 1.09. The number of hydrogen-bond donors (Lipinski definition) is 3. The van der Waals surface area contributed by atoms with E-state index in [-0.39, 0.29) is 13.2 Å². The summed E-state index contributed by atoms with van der Waals surface area (Å²) in [5.74, 6) is -0.602. The third-order valence-corrected chi connectivity index (χ3v) is 1.72. The molecule has 0 unspecified atom stereocenters. The second-order valence-electron chi connectivity index (χ2n) is 3.07. The minimum absolute atomic E-state index is 0.186. The summed E-state index contributed by atoms with van der Waals surface area (Å²) < 4.78 is 40.5. The van der Waals surface area contributed by atoms with Crippen LogP contribution in [0.4, 0.5) is 13.2 Å². The highest BCUT2D eigenvalue weighted by molar-refractivity contribution is 5.71. The fourth-order valence-corrected chi connectivity index (χ4v) is 0.879. The van der Waals surface area contributed by atoms with E-state index in [1.54, 1.807) is 6.92 Å². The van der Waals surface area contributed by atoms with Crippen molar-refractivity contribution in [3.63, 3.8) is 0 Å². The first kappa shape index (κ1) is 15.1. The molecule has 2 atom stereocenters. The standard InChI is InChI=1S/C8H15F3N2O3/c1-2-16-6(15)4-13-3-5(14)7(12)8(9,10)11/h5,7,13-14H,2-4,12H2,1H3/t5-,7+/m0/s1. The summed E-state index contributed by atoms with van der Waals surface area (Å²) in [7, 11) is 0. The maximum Gasteiger partial charge on any atom is 0.406 e. The quantitative estimate of drug-likeness (QED) is 0.543. The lowest BCUT2D eigenvalue weighted by Gasteiger charge is -2.21. The minimum atomic E-state index is -4.66. The van der Waals surface area contributed by atoms with E-state index in [2.05, 4.69) is 10.1 Å². The monoisotopic (exact) mass is 244 g/mol. The van der Waals surface area contributed by atoms with Gasteiger partial charge in [-0.05, 0) is 6.92 Å². The minimum Gasteiger partial charge on any atom is -0.465 e. The van der Waals surface area contributed by atoms with E-state index in [9.17, 15) is 18.0 Å². The summed E-state index contributed by atoms with van der Waals surface area (Å²) in [4.78, 5) is 10.8. The number of rotatable bonds is 6. The van der Waals surface area contributed by atoms with Crippen LogP contribution in [0.25, 0.3) is 0 Å². The van der Waals surface area contributed by atoms with E-state index in [0.717, 1.165) is 0 Å². The number of halogens is 3. The number of carbonyl (C=O) groups excluding carboxylic acids is 1. The second kappa shape index (κ2) is 6.66. The summed E-state index contributed by atoms with van der Waals surface area (Å²) in [5.41, 5.74) is 4.74. The molecule has 0 spiro atoms. The fourth-order valence-electron chi connectivity index (χ4n) is 0.879. The smallest absolute Gasteiger partial charge is 0.406 e. The highest BCUT2D eigenvalue weighted by atomic mass is 19.4. The van der Waals surface area contributed by atoms with Crippen LogP contribution in [0.3, 0.4) is 0 Å². The number of aliphatic hydroxyl groups excluding tert-OH is 1. The number of nitrogens with one attached hydrogen (secondary N) is 1. The number of esters is 1. The maximum atomic E-state index is 12.0. The molecule has 0 radical (unpaired) electrons. The molecule has 0 bridgehead atoms. The normalized spacial score (nSPS) is 15.6. The van der Waals surface area contributed by atoms with Crippen molar-refractivity contribution in [1.29, 1.82) is 0 Å². The van der Waals surface area contributed by atoms with Crippen molar-refractivity contribution in [3.05, 3.63) is 0 Å². The van der Waals surface area contributed by atoms with Gasteiger partial charge in [-0.2, -0.15) is 13.2 Å². The molecule has 0 saturated heterocycles. The Hall–Kier alpha value is -0.860. The predicted octanol–water partition coefficient (Wildman–Crippen LogP) is -0.610. The van der Waals surface area contributed by atoms with Gasteiger partial charge in [0.15, 0.2) is 0 Å². The van der Waals surface area contributed by atoms with Gasteiger partial charge in [-0.1, -0.05) is 0 Å². The topological polar surface area (TPSA) is 84.6 Å². The van der Waals surface area contributed by atoms with Crippen LogP contribution >= 0.6 is 0 Å². The Bertz CT molecular complexity index is 223. The van der Waals surface area contributed by atoms with Gasteiger partial charge >= 0.3 is 12.1 Å². The molecule has 0 aromatic carbocycles. The van der Waals surface area contributed by atoms with E-state index < -0.39 is 30.8 Å². The van der Waals surface area contributed by atoms with Crippen molar-refractivity contribution in [2.24, 2.45) is 5.73 Å². The van der Waals surface area contributed by atoms with E-state index in [0.29, 0.717) is 0 Å². The molecule has 0 aliphatic carbocycles. The van der Waals surface area contributed by atoms with Crippen molar-refractivity contribution in [1.82, 2.24) is 5.32 Å². The van der Waals surface area contributed by atoms with E-state index in [1.807, 2.05) is 0 Å². The van der Waals surface area contributed by atoms with Gasteiger partial charge in [-0.3, -0.25) is 4.79 Å². The van der Waals surface area contributed by atoms with E-state index in [4.69, 9.17) is 10.8 Å². The van der Waals surface area contributed by atoms with E-state index >= 15 is 0 Å². The van der Waals surface area contributed by atoms with Crippen molar-refractivity contribution in [3.8, 4) is 0 Å². The third-order valence-electron chi connectivity index (χ3n) is 1.72. The van der Waals surface area contributed by atoms with Crippen LogP contribution in [-0.2, 0) is 9.53 Å². The zero-order chi connectivity index (χ0) is 12.8. The molecule has 4 N–H and O–H groups in total. The molecular weight excluding hydrogens is 229 g/mol. The molecule has 96 valence electrons. The summed E-state index contributed by atoms with van der Waals surface area (Å²) in [5, 5.41) is 11.4. The molecule has 8 heteroatoms. The lowest BCUT2D eigenvalue weighted by molar-refractivity contribution is -0.168. The van der Waals surface area contributed by atoms with Gasteiger partial charge in [-0.15, -0.1) is 0 Å². The molecule has 0 aliphatic rings. The Morgan fingerprint density at radius 2 is 2.12 bits per heavy atom. The Morgan fingerprint density at radius 1 is 1.56 bits per heavy atom. The Labute approximate surface area is 90.7 Å². The molecule has 0 aliphatic heterocycles. The van der Waals surface area contributed by atoms with Gasteiger partial charge in [0.2, 0.25) is 0 Å². The van der Waals surface area contributed by atoms with Crippen LogP contribution in [0.5, 0.6) is 0 Å². The van der Waals surface area contributed by atoms with Crippen molar-refractivity contribution in [2.75, 3.05) is 19.7 Å². The lowest BCUT2D eigenvalue weighted by atomic mass is 10.1. The Kier molecular flexibility index (Phi) is 6.31. The first-order valence-corrected chi connectivity index (χ1v) is 4.65. The predicted molar refractivity (Wildman–Crippen MR) is 49.5 cm³/mol. The average Bonchev–Trinajstić information content (AvgIpc) is 2.15. The van der Waals surface area contributed by atoms with Gasteiger partial charge in [0.1, 0.15) is 6.04 Å².